The number of hydrogen-bond donors (Lipinski definition) is 2. The van der Waals surface area contributed by atoms with E-state index in [9.17, 15) is 9.59 Å². The molecule has 2 amide bonds. The Morgan fingerprint density at radius 2 is 1.93 bits per heavy atom. The Labute approximate surface area is 178 Å². The largest absolute Gasteiger partial charge is 0.361 e. The maximum Gasteiger partial charge on any atom is 0.313 e. The van der Waals surface area contributed by atoms with Gasteiger partial charge in [0, 0.05) is 34.4 Å². The summed E-state index contributed by atoms with van der Waals surface area (Å²) >= 11 is 7.57. The fraction of sp³-hybridized carbons (Fsp3) is 0.182. The highest BCUT2D eigenvalue weighted by Gasteiger charge is 2.28. The fourth-order valence-corrected chi connectivity index (χ4v) is 4.59. The first-order valence-corrected chi connectivity index (χ1v) is 10.6. The lowest BCUT2D eigenvalue weighted by Crippen LogP contribution is -2.41. The summed E-state index contributed by atoms with van der Waals surface area (Å²) in [6.45, 7) is 1.23. The predicted octanol–water partition coefficient (Wildman–Crippen LogP) is 4.26. The van der Waals surface area contributed by atoms with Gasteiger partial charge in [0.2, 0.25) is 0 Å². The lowest BCUT2D eigenvalue weighted by molar-refractivity contribution is -0.136. The Morgan fingerprint density at radius 3 is 2.72 bits per heavy atom. The van der Waals surface area contributed by atoms with E-state index in [1.165, 1.54) is 11.3 Å². The molecule has 2 aromatic carbocycles. The quantitative estimate of drug-likeness (QED) is 0.600. The molecule has 0 fully saturated rings. The molecule has 148 valence electrons. The van der Waals surface area contributed by atoms with Crippen LogP contribution in [-0.2, 0) is 16.0 Å². The molecule has 0 saturated heterocycles. The molecular weight excluding hydrogens is 406 g/mol. The molecule has 1 atom stereocenters. The molecule has 1 aliphatic rings. The predicted molar refractivity (Wildman–Crippen MR) is 118 cm³/mol. The van der Waals surface area contributed by atoms with Crippen LogP contribution in [0.5, 0.6) is 0 Å². The summed E-state index contributed by atoms with van der Waals surface area (Å²) in [5, 5.41) is 7.89. The zero-order valence-corrected chi connectivity index (χ0v) is 17.2. The van der Waals surface area contributed by atoms with E-state index in [2.05, 4.69) is 33.7 Å². The van der Waals surface area contributed by atoms with Crippen LogP contribution in [-0.4, -0.2) is 24.9 Å². The van der Waals surface area contributed by atoms with Gasteiger partial charge in [-0.1, -0.05) is 41.9 Å². The third-order valence-corrected chi connectivity index (χ3v) is 6.12. The highest BCUT2D eigenvalue weighted by atomic mass is 35.5. The second kappa shape index (κ2) is 8.68. The first-order chi connectivity index (χ1) is 14.1. The Bertz CT molecular complexity index is 1020. The van der Waals surface area contributed by atoms with Crippen LogP contribution in [0.3, 0.4) is 0 Å². The van der Waals surface area contributed by atoms with Gasteiger partial charge in [-0.2, -0.15) is 0 Å². The smallest absolute Gasteiger partial charge is 0.313 e. The van der Waals surface area contributed by atoms with Crippen molar-refractivity contribution in [2.75, 3.05) is 23.3 Å². The van der Waals surface area contributed by atoms with Crippen molar-refractivity contribution in [3.8, 4) is 0 Å². The van der Waals surface area contributed by atoms with E-state index < -0.39 is 11.8 Å². The van der Waals surface area contributed by atoms with Crippen LogP contribution < -0.4 is 15.5 Å². The molecule has 0 spiro atoms. The van der Waals surface area contributed by atoms with E-state index in [1.54, 1.807) is 35.6 Å². The van der Waals surface area contributed by atoms with Crippen molar-refractivity contribution in [2.45, 2.75) is 12.5 Å². The summed E-state index contributed by atoms with van der Waals surface area (Å²) in [6.07, 6.45) is 0.973. The van der Waals surface area contributed by atoms with Crippen molar-refractivity contribution in [1.29, 1.82) is 0 Å². The third kappa shape index (κ3) is 4.44. The van der Waals surface area contributed by atoms with Crippen LogP contribution >= 0.6 is 22.9 Å². The van der Waals surface area contributed by atoms with Gasteiger partial charge in [0.25, 0.3) is 0 Å². The lowest BCUT2D eigenvalue weighted by atomic mass is 10.1. The first kappa shape index (κ1) is 19.5. The topological polar surface area (TPSA) is 61.4 Å². The standard InChI is InChI=1S/C22H20ClN3O2S/c23-16-6-3-7-17(13-16)25-22(28)21(27)24-14-19(20-9-4-12-29-20)26-11-10-15-5-1-2-8-18(15)26/h1-9,12-13,19H,10-11,14H2,(H,24,27)(H,25,28)/t19-/m0/s1. The monoisotopic (exact) mass is 425 g/mol. The maximum atomic E-state index is 12.4. The highest BCUT2D eigenvalue weighted by molar-refractivity contribution is 7.10. The zero-order chi connectivity index (χ0) is 20.2. The summed E-state index contributed by atoms with van der Waals surface area (Å²) in [5.74, 6) is -1.38. The van der Waals surface area contributed by atoms with Crippen molar-refractivity contribution in [1.82, 2.24) is 5.32 Å². The van der Waals surface area contributed by atoms with Crippen LogP contribution in [0.2, 0.25) is 5.02 Å². The van der Waals surface area contributed by atoms with Crippen LogP contribution in [0, 0.1) is 0 Å². The lowest BCUT2D eigenvalue weighted by Gasteiger charge is -2.30. The van der Waals surface area contributed by atoms with Gasteiger partial charge in [-0.3, -0.25) is 9.59 Å². The van der Waals surface area contributed by atoms with Gasteiger partial charge in [-0.25, -0.2) is 0 Å². The molecule has 3 aromatic rings. The molecular formula is C22H20ClN3O2S. The first-order valence-electron chi connectivity index (χ1n) is 9.34. The molecule has 7 heteroatoms. The van der Waals surface area contributed by atoms with Crippen LogP contribution in [0.25, 0.3) is 0 Å². The van der Waals surface area contributed by atoms with Crippen LogP contribution in [0.4, 0.5) is 11.4 Å². The number of para-hydroxylation sites is 1. The van der Waals surface area contributed by atoms with Crippen molar-refractivity contribution < 1.29 is 9.59 Å². The van der Waals surface area contributed by atoms with Gasteiger partial charge in [-0.05, 0) is 47.7 Å². The molecule has 2 N–H and O–H groups in total. The molecule has 29 heavy (non-hydrogen) atoms. The van der Waals surface area contributed by atoms with Crippen molar-refractivity contribution >= 4 is 46.1 Å². The van der Waals surface area contributed by atoms with Gasteiger partial charge in [0.15, 0.2) is 0 Å². The molecule has 0 unspecified atom stereocenters. The Morgan fingerprint density at radius 1 is 1.07 bits per heavy atom. The normalized spacial score (nSPS) is 13.6. The van der Waals surface area contributed by atoms with Gasteiger partial charge < -0.3 is 15.5 Å². The number of halogens is 1. The number of carbonyl (C=O) groups is 2. The van der Waals surface area contributed by atoms with E-state index in [0.717, 1.165) is 17.8 Å². The molecule has 2 heterocycles. The van der Waals surface area contributed by atoms with Crippen LogP contribution in [0.1, 0.15) is 16.5 Å². The van der Waals surface area contributed by atoms with Gasteiger partial charge >= 0.3 is 11.8 Å². The number of fused-ring (bicyclic) bond motifs is 1. The second-order valence-electron chi connectivity index (χ2n) is 6.78. The molecule has 0 saturated carbocycles. The SMILES string of the molecule is O=C(NC[C@@H](c1cccs1)N1CCc2ccccc21)C(=O)Nc1cccc(Cl)c1. The van der Waals surface area contributed by atoms with E-state index in [-0.39, 0.29) is 6.04 Å². The number of nitrogens with zero attached hydrogens (tertiary/aromatic N) is 1. The Hall–Kier alpha value is -2.83. The Balaban J connectivity index is 1.45. The number of carbonyl (C=O) groups excluding carboxylic acids is 2. The summed E-state index contributed by atoms with van der Waals surface area (Å²) in [4.78, 5) is 28.1. The summed E-state index contributed by atoms with van der Waals surface area (Å²) < 4.78 is 0. The molecule has 1 aromatic heterocycles. The number of rotatable bonds is 5. The second-order valence-corrected chi connectivity index (χ2v) is 8.19. The molecule has 1 aliphatic heterocycles. The van der Waals surface area contributed by atoms with E-state index in [4.69, 9.17) is 11.6 Å². The number of benzene rings is 2. The number of hydrogen-bond acceptors (Lipinski definition) is 4. The van der Waals surface area contributed by atoms with Gasteiger partial charge in [-0.15, -0.1) is 11.3 Å². The molecule has 5 nitrogen and oxygen atoms in total. The average Bonchev–Trinajstić information content (AvgIpc) is 3.39. The maximum absolute atomic E-state index is 12.4. The van der Waals surface area contributed by atoms with Gasteiger partial charge in [0.1, 0.15) is 0 Å². The highest BCUT2D eigenvalue weighted by Crippen LogP contribution is 2.36. The van der Waals surface area contributed by atoms with E-state index in [1.807, 2.05) is 23.6 Å². The number of nitrogens with one attached hydrogen (secondary N) is 2. The Kier molecular flexibility index (Phi) is 5.83. The van der Waals surface area contributed by atoms with Crippen LogP contribution in [0.15, 0.2) is 66.0 Å². The van der Waals surface area contributed by atoms with E-state index >= 15 is 0 Å². The van der Waals surface area contributed by atoms with Gasteiger partial charge in [0.05, 0.1) is 6.04 Å². The van der Waals surface area contributed by atoms with Crippen molar-refractivity contribution in [3.63, 3.8) is 0 Å². The van der Waals surface area contributed by atoms with Crippen molar-refractivity contribution in [2.24, 2.45) is 0 Å². The molecule has 0 aliphatic carbocycles. The minimum absolute atomic E-state index is 0.0263. The average molecular weight is 426 g/mol. The fourth-order valence-electron chi connectivity index (χ4n) is 3.56. The zero-order valence-electron chi connectivity index (χ0n) is 15.6. The summed E-state index contributed by atoms with van der Waals surface area (Å²) in [5.41, 5.74) is 2.98. The number of anilines is 2. The van der Waals surface area contributed by atoms with E-state index in [0.29, 0.717) is 17.3 Å². The molecule has 4 rings (SSSR count). The number of thiophene rings is 1. The third-order valence-electron chi connectivity index (χ3n) is 4.92. The molecule has 0 bridgehead atoms. The summed E-state index contributed by atoms with van der Waals surface area (Å²) in [6, 6.07) is 19.1. The summed E-state index contributed by atoms with van der Waals surface area (Å²) in [7, 11) is 0. The molecule has 0 radical (unpaired) electrons. The number of amides is 2. The minimum Gasteiger partial charge on any atom is -0.361 e. The minimum atomic E-state index is -0.709. The van der Waals surface area contributed by atoms with Crippen molar-refractivity contribution in [3.05, 3.63) is 81.5 Å².